The molecular formula is C18H13F3N2O2S. The van der Waals surface area contributed by atoms with E-state index in [1.165, 1.54) is 12.1 Å². The number of carbonyl (C=O) groups excluding carboxylic acids is 1. The third-order valence-corrected chi connectivity index (χ3v) is 4.14. The highest BCUT2D eigenvalue weighted by Crippen LogP contribution is 2.23. The molecule has 1 aromatic carbocycles. The summed E-state index contributed by atoms with van der Waals surface area (Å²) in [5.74, 6) is -0.772. The second-order valence-corrected chi connectivity index (χ2v) is 6.13. The maximum atomic E-state index is 12.1. The first-order valence-electron chi connectivity index (χ1n) is 7.51. The Morgan fingerprint density at radius 2 is 1.88 bits per heavy atom. The van der Waals surface area contributed by atoms with Crippen LogP contribution in [-0.4, -0.2) is 17.3 Å². The number of ether oxygens (including phenoxy) is 1. The Hall–Kier alpha value is -2.87. The van der Waals surface area contributed by atoms with Crippen molar-refractivity contribution >= 4 is 17.2 Å². The summed E-state index contributed by atoms with van der Waals surface area (Å²) in [7, 11) is 0. The summed E-state index contributed by atoms with van der Waals surface area (Å²) in [5.41, 5.74) is 3.06. The molecule has 0 saturated heterocycles. The van der Waals surface area contributed by atoms with E-state index in [-0.39, 0.29) is 17.9 Å². The molecule has 1 N–H and O–H groups in total. The van der Waals surface area contributed by atoms with Gasteiger partial charge in [0.15, 0.2) is 0 Å². The summed E-state index contributed by atoms with van der Waals surface area (Å²) in [6, 6.07) is 8.65. The summed E-state index contributed by atoms with van der Waals surface area (Å²) in [5, 5.41) is 6.69. The number of thiophene rings is 1. The van der Waals surface area contributed by atoms with Gasteiger partial charge in [-0.05, 0) is 58.3 Å². The first kappa shape index (κ1) is 17.9. The zero-order valence-electron chi connectivity index (χ0n) is 13.3. The number of hydrogen-bond donors (Lipinski definition) is 1. The SMILES string of the molecule is O=C(NCc1cncc(-c2ccsc2)c1)c1ccc(OC(F)(F)F)cc1. The van der Waals surface area contributed by atoms with Crippen molar-refractivity contribution < 1.29 is 22.7 Å². The molecule has 0 aliphatic rings. The first-order valence-corrected chi connectivity index (χ1v) is 8.45. The van der Waals surface area contributed by atoms with E-state index in [0.29, 0.717) is 0 Å². The number of aromatic nitrogens is 1. The molecule has 0 aliphatic carbocycles. The number of nitrogens with one attached hydrogen (secondary N) is 1. The summed E-state index contributed by atoms with van der Waals surface area (Å²) < 4.78 is 40.2. The third kappa shape index (κ3) is 4.82. The summed E-state index contributed by atoms with van der Waals surface area (Å²) in [6.45, 7) is 0.255. The highest BCUT2D eigenvalue weighted by Gasteiger charge is 2.31. The van der Waals surface area contributed by atoms with Gasteiger partial charge in [0.2, 0.25) is 0 Å². The average molecular weight is 378 g/mol. The Balaban J connectivity index is 1.61. The number of hydrogen-bond acceptors (Lipinski definition) is 4. The number of carbonyl (C=O) groups is 1. The molecule has 3 aromatic rings. The molecule has 4 nitrogen and oxygen atoms in total. The molecule has 26 heavy (non-hydrogen) atoms. The number of rotatable bonds is 5. The number of nitrogens with zero attached hydrogens (tertiary/aromatic N) is 1. The highest BCUT2D eigenvalue weighted by molar-refractivity contribution is 7.08. The molecule has 1 amide bonds. The molecule has 0 spiro atoms. The van der Waals surface area contributed by atoms with Gasteiger partial charge in [0.25, 0.3) is 5.91 Å². The fourth-order valence-electron chi connectivity index (χ4n) is 2.26. The van der Waals surface area contributed by atoms with Crippen LogP contribution in [-0.2, 0) is 6.54 Å². The van der Waals surface area contributed by atoms with E-state index in [4.69, 9.17) is 0 Å². The van der Waals surface area contributed by atoms with Gasteiger partial charge in [0.05, 0.1) is 0 Å². The lowest BCUT2D eigenvalue weighted by Gasteiger charge is -2.10. The van der Waals surface area contributed by atoms with Gasteiger partial charge in [-0.15, -0.1) is 13.2 Å². The van der Waals surface area contributed by atoms with Crippen LogP contribution < -0.4 is 10.1 Å². The molecule has 0 aliphatic heterocycles. The molecule has 0 atom stereocenters. The van der Waals surface area contributed by atoms with Gasteiger partial charge in [-0.2, -0.15) is 11.3 Å². The summed E-state index contributed by atoms with van der Waals surface area (Å²) in [4.78, 5) is 16.3. The molecule has 0 fully saturated rings. The molecule has 3 rings (SSSR count). The fourth-order valence-corrected chi connectivity index (χ4v) is 2.93. The molecular weight excluding hydrogens is 365 g/mol. The van der Waals surface area contributed by atoms with Crippen molar-refractivity contribution in [2.75, 3.05) is 0 Å². The molecule has 0 radical (unpaired) electrons. The van der Waals surface area contributed by atoms with Gasteiger partial charge in [-0.3, -0.25) is 9.78 Å². The second-order valence-electron chi connectivity index (χ2n) is 5.35. The number of halogens is 3. The van der Waals surface area contributed by atoms with Gasteiger partial charge in [0.1, 0.15) is 5.75 Å². The van der Waals surface area contributed by atoms with Crippen molar-refractivity contribution in [1.82, 2.24) is 10.3 Å². The number of pyridine rings is 1. The van der Waals surface area contributed by atoms with Crippen molar-refractivity contribution in [3.8, 4) is 16.9 Å². The van der Waals surface area contributed by atoms with E-state index >= 15 is 0 Å². The largest absolute Gasteiger partial charge is 0.573 e. The van der Waals surface area contributed by atoms with Crippen molar-refractivity contribution in [2.45, 2.75) is 12.9 Å². The predicted octanol–water partition coefficient (Wildman–Crippen LogP) is 4.64. The van der Waals surface area contributed by atoms with E-state index in [1.807, 2.05) is 22.9 Å². The van der Waals surface area contributed by atoms with Crippen LogP contribution in [0.3, 0.4) is 0 Å². The van der Waals surface area contributed by atoms with Gasteiger partial charge in [-0.25, -0.2) is 0 Å². The van der Waals surface area contributed by atoms with E-state index in [2.05, 4.69) is 15.0 Å². The van der Waals surface area contributed by atoms with Crippen LogP contribution in [0.15, 0.2) is 59.6 Å². The normalized spacial score (nSPS) is 11.2. The van der Waals surface area contributed by atoms with Crippen LogP contribution in [0.4, 0.5) is 13.2 Å². The smallest absolute Gasteiger partial charge is 0.406 e. The van der Waals surface area contributed by atoms with Crippen LogP contribution in [0.25, 0.3) is 11.1 Å². The van der Waals surface area contributed by atoms with Crippen molar-refractivity contribution in [3.63, 3.8) is 0 Å². The number of alkyl halides is 3. The van der Waals surface area contributed by atoms with Crippen molar-refractivity contribution in [2.24, 2.45) is 0 Å². The van der Waals surface area contributed by atoms with Gasteiger partial charge in [0, 0.05) is 30.1 Å². The van der Waals surface area contributed by atoms with Crippen molar-refractivity contribution in [3.05, 3.63) is 70.7 Å². The minimum atomic E-state index is -4.76. The standard InChI is InChI=1S/C18H13F3N2O2S/c19-18(20,21)25-16-3-1-13(2-4-16)17(24)23-9-12-7-15(10-22-8-12)14-5-6-26-11-14/h1-8,10-11H,9H2,(H,23,24). The quantitative estimate of drug-likeness (QED) is 0.704. The molecule has 2 aromatic heterocycles. The van der Waals surface area contributed by atoms with E-state index in [0.717, 1.165) is 28.8 Å². The topological polar surface area (TPSA) is 51.2 Å². The lowest BCUT2D eigenvalue weighted by Crippen LogP contribution is -2.23. The second kappa shape index (κ2) is 7.57. The predicted molar refractivity (Wildman–Crippen MR) is 91.8 cm³/mol. The Kier molecular flexibility index (Phi) is 5.22. The Morgan fingerprint density at radius 3 is 2.54 bits per heavy atom. The van der Waals surface area contributed by atoms with E-state index < -0.39 is 12.3 Å². The van der Waals surface area contributed by atoms with Crippen LogP contribution in [0.1, 0.15) is 15.9 Å². The van der Waals surface area contributed by atoms with Gasteiger partial charge in [-0.1, -0.05) is 0 Å². The van der Waals surface area contributed by atoms with Crippen LogP contribution in [0, 0.1) is 0 Å². The number of benzene rings is 1. The van der Waals surface area contributed by atoms with Crippen LogP contribution in [0.2, 0.25) is 0 Å². The summed E-state index contributed by atoms with van der Waals surface area (Å²) >= 11 is 1.58. The van der Waals surface area contributed by atoms with Crippen LogP contribution >= 0.6 is 11.3 Å². The Labute approximate surface area is 151 Å². The van der Waals surface area contributed by atoms with Crippen molar-refractivity contribution in [1.29, 1.82) is 0 Å². The maximum absolute atomic E-state index is 12.1. The lowest BCUT2D eigenvalue weighted by molar-refractivity contribution is -0.274. The van der Waals surface area contributed by atoms with Gasteiger partial charge >= 0.3 is 6.36 Å². The Bertz CT molecular complexity index is 878. The minimum Gasteiger partial charge on any atom is -0.406 e. The highest BCUT2D eigenvalue weighted by atomic mass is 32.1. The third-order valence-electron chi connectivity index (χ3n) is 3.45. The zero-order valence-corrected chi connectivity index (χ0v) is 14.1. The molecule has 0 unspecified atom stereocenters. The average Bonchev–Trinajstić information content (AvgIpc) is 3.14. The first-order chi connectivity index (χ1) is 12.4. The molecule has 0 saturated carbocycles. The Morgan fingerprint density at radius 1 is 1.12 bits per heavy atom. The van der Waals surface area contributed by atoms with E-state index in [1.54, 1.807) is 23.7 Å². The molecule has 2 heterocycles. The molecule has 8 heteroatoms. The molecule has 0 bridgehead atoms. The monoisotopic (exact) mass is 378 g/mol. The number of amides is 1. The fraction of sp³-hybridized carbons (Fsp3) is 0.111. The zero-order chi connectivity index (χ0) is 18.6. The minimum absolute atomic E-state index is 0.237. The van der Waals surface area contributed by atoms with E-state index in [9.17, 15) is 18.0 Å². The van der Waals surface area contributed by atoms with Crippen LogP contribution in [0.5, 0.6) is 5.75 Å². The van der Waals surface area contributed by atoms with Gasteiger partial charge < -0.3 is 10.1 Å². The molecule has 134 valence electrons. The lowest BCUT2D eigenvalue weighted by atomic mass is 10.1. The maximum Gasteiger partial charge on any atom is 0.573 e. The summed E-state index contributed by atoms with van der Waals surface area (Å²) in [6.07, 6.45) is -1.37.